The zero-order valence-corrected chi connectivity index (χ0v) is 15.0. The van der Waals surface area contributed by atoms with Gasteiger partial charge in [-0.1, -0.05) is 18.2 Å². The van der Waals surface area contributed by atoms with Gasteiger partial charge in [0.2, 0.25) is 11.8 Å². The number of esters is 2. The van der Waals surface area contributed by atoms with Crippen molar-refractivity contribution in [1.82, 2.24) is 0 Å². The average Bonchev–Trinajstić information content (AvgIpc) is 3.26. The topological polar surface area (TPSA) is 99.2 Å². The van der Waals surface area contributed by atoms with E-state index in [1.165, 1.54) is 24.3 Å². The summed E-state index contributed by atoms with van der Waals surface area (Å²) in [5.74, 6) is -5.64. The van der Waals surface area contributed by atoms with E-state index < -0.39 is 59.4 Å². The number of hydrogen-bond acceptors (Lipinski definition) is 7. The van der Waals surface area contributed by atoms with Gasteiger partial charge in [-0.15, -0.1) is 0 Å². The van der Waals surface area contributed by atoms with Gasteiger partial charge >= 0.3 is 11.9 Å². The highest BCUT2D eigenvalue weighted by molar-refractivity contribution is 6.23. The third-order valence-corrected chi connectivity index (χ3v) is 5.09. The molecule has 2 saturated heterocycles. The van der Waals surface area contributed by atoms with E-state index in [4.69, 9.17) is 14.2 Å². The lowest BCUT2D eigenvalue weighted by atomic mass is 9.76. The normalized spacial score (nSPS) is 30.1. The summed E-state index contributed by atoms with van der Waals surface area (Å²) >= 11 is 0. The molecule has 1 aromatic carbocycles. The predicted octanol–water partition coefficient (Wildman–Crippen LogP) is 1.09. The zero-order chi connectivity index (χ0) is 20.2. The fourth-order valence-corrected chi connectivity index (χ4v) is 4.09. The molecule has 3 aliphatic rings. The molecule has 0 spiro atoms. The van der Waals surface area contributed by atoms with E-state index in [0.717, 1.165) is 24.8 Å². The van der Waals surface area contributed by atoms with Crippen molar-refractivity contribution in [3.8, 4) is 0 Å². The number of para-hydroxylation sites is 1. The fraction of sp³-hybridized carbons (Fsp3) is 0.368. The number of halogens is 1. The van der Waals surface area contributed by atoms with Gasteiger partial charge in [0.25, 0.3) is 6.29 Å². The van der Waals surface area contributed by atoms with E-state index in [-0.39, 0.29) is 5.69 Å². The Bertz CT molecular complexity index is 913. The standard InChI is InChI=1S/C19H16FNO7/c1-9(22)26-18(27-10(2)23)19-8-7-13(28-19)14-15(19)17(25)21(16(14)24)12-6-4-3-5-11(12)20/h3-8,13-15,18H,1-2H3/t13-,14-,15-,19+/m1/s1. The van der Waals surface area contributed by atoms with Crippen molar-refractivity contribution in [3.05, 3.63) is 42.2 Å². The van der Waals surface area contributed by atoms with Gasteiger partial charge in [0.1, 0.15) is 5.82 Å². The van der Waals surface area contributed by atoms with Gasteiger partial charge in [-0.2, -0.15) is 0 Å². The van der Waals surface area contributed by atoms with Gasteiger partial charge in [-0.3, -0.25) is 19.2 Å². The van der Waals surface area contributed by atoms with Crippen LogP contribution in [0, 0.1) is 17.7 Å². The highest BCUT2D eigenvalue weighted by Gasteiger charge is 2.72. The van der Waals surface area contributed by atoms with Crippen LogP contribution in [0.15, 0.2) is 36.4 Å². The molecule has 4 rings (SSSR count). The van der Waals surface area contributed by atoms with Crippen molar-refractivity contribution in [3.63, 3.8) is 0 Å². The van der Waals surface area contributed by atoms with Crippen molar-refractivity contribution >= 4 is 29.4 Å². The van der Waals surface area contributed by atoms with Crippen LogP contribution >= 0.6 is 0 Å². The first-order valence-corrected chi connectivity index (χ1v) is 8.60. The number of hydrogen-bond donors (Lipinski definition) is 0. The molecule has 2 fully saturated rings. The average molecular weight is 389 g/mol. The van der Waals surface area contributed by atoms with Crippen LogP contribution in [-0.4, -0.2) is 41.7 Å². The number of carbonyl (C=O) groups excluding carboxylic acids is 4. The van der Waals surface area contributed by atoms with Crippen LogP contribution in [0.3, 0.4) is 0 Å². The van der Waals surface area contributed by atoms with E-state index in [2.05, 4.69) is 0 Å². The number of carbonyl (C=O) groups is 4. The summed E-state index contributed by atoms with van der Waals surface area (Å²) in [6, 6.07) is 5.42. The monoisotopic (exact) mass is 389 g/mol. The molecule has 0 radical (unpaired) electrons. The molecule has 2 amide bonds. The van der Waals surface area contributed by atoms with Crippen molar-refractivity contribution in [1.29, 1.82) is 0 Å². The minimum absolute atomic E-state index is 0.169. The SMILES string of the molecule is CC(=O)OC(OC(C)=O)[C@@]12C=C[C@@H](O1)[C@H]1C(=O)N(c3ccccc3F)C(=O)[C@@H]12. The molecule has 0 aromatic heterocycles. The molecule has 2 bridgehead atoms. The number of ether oxygens (including phenoxy) is 3. The smallest absolute Gasteiger partial charge is 0.305 e. The van der Waals surface area contributed by atoms with Crippen LogP contribution in [0.4, 0.5) is 10.1 Å². The van der Waals surface area contributed by atoms with Crippen molar-refractivity contribution in [2.24, 2.45) is 11.8 Å². The number of benzene rings is 1. The Labute approximate surface area is 158 Å². The highest BCUT2D eigenvalue weighted by atomic mass is 19.1. The molecule has 9 heteroatoms. The van der Waals surface area contributed by atoms with Crippen LogP contribution in [0.25, 0.3) is 0 Å². The second-order valence-electron chi connectivity index (χ2n) is 6.81. The Kier molecular flexibility index (Phi) is 4.07. The lowest BCUT2D eigenvalue weighted by Crippen LogP contribution is -2.52. The molecule has 4 atom stereocenters. The van der Waals surface area contributed by atoms with E-state index in [1.54, 1.807) is 6.08 Å². The molecular weight excluding hydrogens is 373 g/mol. The number of amides is 2. The number of fused-ring (bicyclic) bond motifs is 5. The molecular formula is C19H16FNO7. The lowest BCUT2D eigenvalue weighted by molar-refractivity contribution is -0.226. The second-order valence-corrected chi connectivity index (χ2v) is 6.81. The maximum atomic E-state index is 14.2. The summed E-state index contributed by atoms with van der Waals surface area (Å²) in [7, 11) is 0. The van der Waals surface area contributed by atoms with Crippen LogP contribution in [0.5, 0.6) is 0 Å². The summed E-state index contributed by atoms with van der Waals surface area (Å²) in [5.41, 5.74) is -1.82. The Hall–Kier alpha value is -3.07. The van der Waals surface area contributed by atoms with E-state index in [1.807, 2.05) is 0 Å². The minimum atomic E-state index is -1.65. The first-order valence-electron chi connectivity index (χ1n) is 8.60. The van der Waals surface area contributed by atoms with E-state index >= 15 is 0 Å². The van der Waals surface area contributed by atoms with Crippen LogP contribution in [0.2, 0.25) is 0 Å². The molecule has 0 saturated carbocycles. The molecule has 8 nitrogen and oxygen atoms in total. The Morgan fingerprint density at radius 1 is 1.14 bits per heavy atom. The fourth-order valence-electron chi connectivity index (χ4n) is 4.09. The quantitative estimate of drug-likeness (QED) is 0.329. The first-order chi connectivity index (χ1) is 13.3. The Balaban J connectivity index is 1.77. The largest absolute Gasteiger partial charge is 0.422 e. The molecule has 0 aliphatic carbocycles. The molecule has 0 N–H and O–H groups in total. The third kappa shape index (κ3) is 2.46. The molecule has 0 unspecified atom stereocenters. The van der Waals surface area contributed by atoms with Crippen molar-refractivity contribution < 1.29 is 37.8 Å². The van der Waals surface area contributed by atoms with Crippen molar-refractivity contribution in [2.75, 3.05) is 4.90 Å². The van der Waals surface area contributed by atoms with Gasteiger partial charge in [-0.25, -0.2) is 9.29 Å². The second kappa shape index (κ2) is 6.23. The van der Waals surface area contributed by atoms with Crippen LogP contribution in [0.1, 0.15) is 13.8 Å². The van der Waals surface area contributed by atoms with Gasteiger partial charge in [0.15, 0.2) is 5.60 Å². The van der Waals surface area contributed by atoms with Gasteiger partial charge in [-0.05, 0) is 18.2 Å². The van der Waals surface area contributed by atoms with E-state index in [0.29, 0.717) is 0 Å². The highest BCUT2D eigenvalue weighted by Crippen LogP contribution is 2.54. The van der Waals surface area contributed by atoms with Crippen LogP contribution in [-0.2, 0) is 33.4 Å². The number of anilines is 1. The number of imide groups is 1. The Morgan fingerprint density at radius 2 is 1.79 bits per heavy atom. The van der Waals surface area contributed by atoms with Gasteiger partial charge in [0, 0.05) is 13.8 Å². The molecule has 1 aromatic rings. The zero-order valence-electron chi connectivity index (χ0n) is 15.0. The minimum Gasteiger partial charge on any atom is -0.422 e. The number of rotatable bonds is 4. The summed E-state index contributed by atoms with van der Waals surface area (Å²) in [4.78, 5) is 50.0. The Morgan fingerprint density at radius 3 is 2.39 bits per heavy atom. The molecule has 3 aliphatic heterocycles. The number of nitrogens with zero attached hydrogens (tertiary/aromatic N) is 1. The maximum absolute atomic E-state index is 14.2. The summed E-state index contributed by atoms with van der Waals surface area (Å²) in [6.45, 7) is 2.23. The van der Waals surface area contributed by atoms with E-state index in [9.17, 15) is 23.6 Å². The summed E-state index contributed by atoms with van der Waals surface area (Å²) in [5, 5.41) is 0. The summed E-state index contributed by atoms with van der Waals surface area (Å²) in [6.07, 6.45) is 0.672. The molecule has 3 heterocycles. The lowest BCUT2D eigenvalue weighted by Gasteiger charge is -2.34. The van der Waals surface area contributed by atoms with Gasteiger partial charge in [0.05, 0.1) is 23.6 Å². The maximum Gasteiger partial charge on any atom is 0.305 e. The molecule has 28 heavy (non-hydrogen) atoms. The summed E-state index contributed by atoms with van der Waals surface area (Å²) < 4.78 is 30.3. The predicted molar refractivity (Wildman–Crippen MR) is 89.9 cm³/mol. The molecule has 146 valence electrons. The van der Waals surface area contributed by atoms with Crippen molar-refractivity contribution in [2.45, 2.75) is 31.8 Å². The van der Waals surface area contributed by atoms with Crippen LogP contribution < -0.4 is 4.90 Å². The van der Waals surface area contributed by atoms with Gasteiger partial charge < -0.3 is 14.2 Å². The first kappa shape index (κ1) is 18.3. The third-order valence-electron chi connectivity index (χ3n) is 5.09.